The van der Waals surface area contributed by atoms with Gasteiger partial charge in [-0.25, -0.2) is 5.14 Å². The molecule has 1 aliphatic heterocycles. The molecule has 0 fully saturated rings. The monoisotopic (exact) mass is 272 g/mol. The van der Waals surface area contributed by atoms with Gasteiger partial charge in [0.25, 0.3) is 10.2 Å². The fraction of sp³-hybridized carbons (Fsp3) is 0.455. The molecule has 2 rings (SSSR count). The fourth-order valence-electron chi connectivity index (χ4n) is 1.95. The molecule has 0 bridgehead atoms. The molecule has 1 unspecified atom stereocenters. The van der Waals surface area contributed by atoms with Crippen LogP contribution < -0.4 is 19.3 Å². The lowest BCUT2D eigenvalue weighted by Crippen LogP contribution is -2.22. The van der Waals surface area contributed by atoms with E-state index in [1.807, 2.05) is 13.8 Å². The largest absolute Gasteiger partial charge is 0.492 e. The molecule has 6 nitrogen and oxygen atoms in total. The molecule has 0 radical (unpaired) electrons. The summed E-state index contributed by atoms with van der Waals surface area (Å²) in [6, 6.07) is 3.39. The van der Waals surface area contributed by atoms with E-state index in [1.165, 1.54) is 0 Å². The molecule has 1 heterocycles. The summed E-state index contributed by atoms with van der Waals surface area (Å²) in [5.74, 6) is 1.13. The lowest BCUT2D eigenvalue weighted by molar-refractivity contribution is 0.254. The zero-order valence-corrected chi connectivity index (χ0v) is 11.1. The molecule has 0 amide bonds. The van der Waals surface area contributed by atoms with E-state index in [2.05, 4.69) is 4.72 Å². The Morgan fingerprint density at radius 1 is 1.56 bits per heavy atom. The predicted molar refractivity (Wildman–Crippen MR) is 68.1 cm³/mol. The van der Waals surface area contributed by atoms with E-state index in [9.17, 15) is 8.42 Å². The second kappa shape index (κ2) is 4.66. The van der Waals surface area contributed by atoms with Crippen molar-refractivity contribution < 1.29 is 17.9 Å². The zero-order valence-electron chi connectivity index (χ0n) is 10.3. The van der Waals surface area contributed by atoms with Crippen LogP contribution in [0.2, 0.25) is 0 Å². The molecule has 0 aliphatic carbocycles. The highest BCUT2D eigenvalue weighted by molar-refractivity contribution is 7.90. The summed E-state index contributed by atoms with van der Waals surface area (Å²) < 4.78 is 35.4. The molecule has 1 aromatic carbocycles. The highest BCUT2D eigenvalue weighted by Gasteiger charge is 2.22. The number of nitrogens with one attached hydrogen (secondary N) is 1. The quantitative estimate of drug-likeness (QED) is 0.856. The van der Waals surface area contributed by atoms with Crippen LogP contribution in [-0.2, 0) is 16.6 Å². The Hall–Kier alpha value is -1.47. The number of anilines is 1. The van der Waals surface area contributed by atoms with Gasteiger partial charge in [-0.3, -0.25) is 4.72 Å². The SMILES string of the molecule is CCOc1cc2c(cc1NS(N)(=O)=O)OC(C)C2. The Morgan fingerprint density at radius 2 is 2.28 bits per heavy atom. The fourth-order valence-corrected chi connectivity index (χ4v) is 2.41. The number of hydrogen-bond acceptors (Lipinski definition) is 4. The van der Waals surface area contributed by atoms with E-state index < -0.39 is 10.2 Å². The molecular formula is C11H16N2O4S. The number of benzene rings is 1. The van der Waals surface area contributed by atoms with Gasteiger partial charge in [-0.1, -0.05) is 0 Å². The maximum atomic E-state index is 11.1. The van der Waals surface area contributed by atoms with E-state index >= 15 is 0 Å². The average Bonchev–Trinajstić information content (AvgIpc) is 2.56. The smallest absolute Gasteiger partial charge is 0.296 e. The van der Waals surface area contributed by atoms with Gasteiger partial charge < -0.3 is 9.47 Å². The normalized spacial score (nSPS) is 18.1. The van der Waals surface area contributed by atoms with Gasteiger partial charge >= 0.3 is 0 Å². The zero-order chi connectivity index (χ0) is 13.3. The molecule has 3 N–H and O–H groups in total. The van der Waals surface area contributed by atoms with E-state index in [4.69, 9.17) is 14.6 Å². The second-order valence-electron chi connectivity index (χ2n) is 4.17. The van der Waals surface area contributed by atoms with Crippen molar-refractivity contribution in [2.45, 2.75) is 26.4 Å². The standard InChI is InChI=1S/C11H16N2O4S/c1-3-16-11-5-8-4-7(2)17-10(8)6-9(11)13-18(12,14)15/h5-7,13H,3-4H2,1-2H3,(H2,12,14,15). The van der Waals surface area contributed by atoms with Crippen molar-refractivity contribution in [3.05, 3.63) is 17.7 Å². The first-order chi connectivity index (χ1) is 8.39. The molecule has 0 saturated carbocycles. The predicted octanol–water partition coefficient (Wildman–Crippen LogP) is 1.02. The average molecular weight is 272 g/mol. The van der Waals surface area contributed by atoms with Gasteiger partial charge in [0.2, 0.25) is 0 Å². The molecule has 18 heavy (non-hydrogen) atoms. The number of ether oxygens (including phenoxy) is 2. The lowest BCUT2D eigenvalue weighted by atomic mass is 10.1. The molecule has 0 saturated heterocycles. The molecule has 7 heteroatoms. The highest BCUT2D eigenvalue weighted by Crippen LogP contribution is 2.38. The van der Waals surface area contributed by atoms with Crippen LogP contribution in [-0.4, -0.2) is 21.1 Å². The van der Waals surface area contributed by atoms with E-state index in [0.717, 1.165) is 12.0 Å². The lowest BCUT2D eigenvalue weighted by Gasteiger charge is -2.12. The van der Waals surface area contributed by atoms with Gasteiger partial charge in [0.15, 0.2) is 0 Å². The summed E-state index contributed by atoms with van der Waals surface area (Å²) in [4.78, 5) is 0. The molecule has 1 atom stereocenters. The summed E-state index contributed by atoms with van der Waals surface area (Å²) in [7, 11) is -3.83. The van der Waals surface area contributed by atoms with Crippen LogP contribution >= 0.6 is 0 Å². The summed E-state index contributed by atoms with van der Waals surface area (Å²) in [6.45, 7) is 4.22. The van der Waals surface area contributed by atoms with E-state index in [1.54, 1.807) is 12.1 Å². The van der Waals surface area contributed by atoms with Crippen LogP contribution in [0.25, 0.3) is 0 Å². The molecule has 0 aromatic heterocycles. The first-order valence-electron chi connectivity index (χ1n) is 5.66. The molecule has 100 valence electrons. The van der Waals surface area contributed by atoms with Crippen molar-refractivity contribution in [3.8, 4) is 11.5 Å². The van der Waals surface area contributed by atoms with Crippen LogP contribution in [0.3, 0.4) is 0 Å². The summed E-state index contributed by atoms with van der Waals surface area (Å²) in [6.07, 6.45) is 0.865. The van der Waals surface area contributed by atoms with Gasteiger partial charge in [-0.15, -0.1) is 0 Å². The Balaban J connectivity index is 2.41. The molecule has 1 aromatic rings. The third-order valence-corrected chi connectivity index (χ3v) is 3.05. The van der Waals surface area contributed by atoms with Gasteiger partial charge in [0, 0.05) is 18.1 Å². The van der Waals surface area contributed by atoms with Crippen LogP contribution in [0.5, 0.6) is 11.5 Å². The topological polar surface area (TPSA) is 90.6 Å². The minimum Gasteiger partial charge on any atom is -0.492 e. The third-order valence-electron chi connectivity index (χ3n) is 2.55. The first kappa shape index (κ1) is 13.0. The molecular weight excluding hydrogens is 256 g/mol. The van der Waals surface area contributed by atoms with Gasteiger partial charge in [0.05, 0.1) is 12.3 Å². The Morgan fingerprint density at radius 3 is 2.89 bits per heavy atom. The minimum absolute atomic E-state index is 0.0826. The van der Waals surface area contributed by atoms with Crippen LogP contribution in [0, 0.1) is 0 Å². The Kier molecular flexibility index (Phi) is 3.36. The summed E-state index contributed by atoms with van der Waals surface area (Å²) in [5.41, 5.74) is 1.30. The van der Waals surface area contributed by atoms with Gasteiger partial charge in [-0.2, -0.15) is 8.42 Å². The molecule has 1 aliphatic rings. The summed E-state index contributed by atoms with van der Waals surface area (Å²) in [5, 5.41) is 4.97. The van der Waals surface area contributed by atoms with Crippen molar-refractivity contribution >= 4 is 15.9 Å². The van der Waals surface area contributed by atoms with Gasteiger partial charge in [0.1, 0.15) is 17.6 Å². The third kappa shape index (κ3) is 2.85. The highest BCUT2D eigenvalue weighted by atomic mass is 32.2. The number of fused-ring (bicyclic) bond motifs is 1. The maximum Gasteiger partial charge on any atom is 0.296 e. The second-order valence-corrected chi connectivity index (χ2v) is 5.46. The van der Waals surface area contributed by atoms with E-state index in [0.29, 0.717) is 23.8 Å². The van der Waals surface area contributed by atoms with Crippen LogP contribution in [0.4, 0.5) is 5.69 Å². The van der Waals surface area contributed by atoms with Crippen molar-refractivity contribution in [2.24, 2.45) is 5.14 Å². The number of rotatable bonds is 4. The van der Waals surface area contributed by atoms with E-state index in [-0.39, 0.29) is 6.10 Å². The number of hydrogen-bond donors (Lipinski definition) is 2. The van der Waals surface area contributed by atoms with Crippen molar-refractivity contribution in [1.29, 1.82) is 0 Å². The van der Waals surface area contributed by atoms with Crippen LogP contribution in [0.1, 0.15) is 19.4 Å². The Bertz CT molecular complexity index is 556. The first-order valence-corrected chi connectivity index (χ1v) is 7.20. The number of nitrogens with two attached hydrogens (primary N) is 1. The van der Waals surface area contributed by atoms with Crippen molar-refractivity contribution in [3.63, 3.8) is 0 Å². The molecule has 0 spiro atoms. The summed E-state index contributed by atoms with van der Waals surface area (Å²) >= 11 is 0. The Labute approximate surface area is 106 Å². The maximum absolute atomic E-state index is 11.1. The van der Waals surface area contributed by atoms with Gasteiger partial charge in [-0.05, 0) is 19.9 Å². The van der Waals surface area contributed by atoms with Crippen molar-refractivity contribution in [2.75, 3.05) is 11.3 Å². The van der Waals surface area contributed by atoms with Crippen LogP contribution in [0.15, 0.2) is 12.1 Å². The minimum atomic E-state index is -3.83. The van der Waals surface area contributed by atoms with Crippen molar-refractivity contribution in [1.82, 2.24) is 0 Å².